The molecule has 0 saturated heterocycles. The predicted octanol–water partition coefficient (Wildman–Crippen LogP) is 2.48. The van der Waals surface area contributed by atoms with Gasteiger partial charge in [0.25, 0.3) is 0 Å². The van der Waals surface area contributed by atoms with Crippen LogP contribution in [-0.4, -0.2) is 37.5 Å². The Hall–Kier alpha value is -0.470. The van der Waals surface area contributed by atoms with Crippen molar-refractivity contribution in [2.75, 3.05) is 12.0 Å². The summed E-state index contributed by atoms with van der Waals surface area (Å²) in [4.78, 5) is 10.8. The van der Waals surface area contributed by atoms with Gasteiger partial charge in [0.05, 0.1) is 10.0 Å². The largest absolute Gasteiger partial charge is 0.480 e. The Labute approximate surface area is 131 Å². The van der Waals surface area contributed by atoms with E-state index in [1.54, 1.807) is 6.26 Å². The summed E-state index contributed by atoms with van der Waals surface area (Å²) in [7, 11) is -4.10. The summed E-state index contributed by atoms with van der Waals surface area (Å²) in [6.45, 7) is 0. The third-order valence-corrected chi connectivity index (χ3v) is 5.46. The second-order valence-corrected chi connectivity index (χ2v) is 7.30. The first kappa shape index (κ1) is 17.6. The van der Waals surface area contributed by atoms with Crippen molar-refractivity contribution in [2.24, 2.45) is 0 Å². The van der Waals surface area contributed by atoms with Gasteiger partial charge in [-0.05, 0) is 30.6 Å². The molecule has 20 heavy (non-hydrogen) atoms. The lowest BCUT2D eigenvalue weighted by molar-refractivity contribution is -0.139. The number of aliphatic carboxylic acids is 1. The van der Waals surface area contributed by atoms with E-state index in [1.165, 1.54) is 30.0 Å². The van der Waals surface area contributed by atoms with Gasteiger partial charge in [0.15, 0.2) is 0 Å². The molecule has 0 saturated carbocycles. The van der Waals surface area contributed by atoms with Gasteiger partial charge in [0, 0.05) is 0 Å². The average molecular weight is 358 g/mol. The Morgan fingerprint density at radius 2 is 1.95 bits per heavy atom. The molecule has 0 unspecified atom stereocenters. The molecule has 0 aliphatic rings. The normalized spacial score (nSPS) is 13.2. The zero-order valence-corrected chi connectivity index (χ0v) is 13.6. The maximum atomic E-state index is 12.2. The van der Waals surface area contributed by atoms with E-state index in [-0.39, 0.29) is 21.4 Å². The average Bonchev–Trinajstić information content (AvgIpc) is 2.33. The van der Waals surface area contributed by atoms with Crippen molar-refractivity contribution in [2.45, 2.75) is 17.4 Å². The maximum Gasteiger partial charge on any atom is 0.321 e. The van der Waals surface area contributed by atoms with E-state index in [0.29, 0.717) is 5.75 Å². The molecule has 0 heterocycles. The number of carboxylic acid groups (broad SMARTS) is 1. The van der Waals surface area contributed by atoms with E-state index in [0.717, 1.165) is 0 Å². The van der Waals surface area contributed by atoms with Crippen molar-refractivity contribution in [3.63, 3.8) is 0 Å². The monoisotopic (exact) mass is 357 g/mol. The lowest BCUT2D eigenvalue weighted by atomic mass is 10.2. The number of carbonyl (C=O) groups is 1. The van der Waals surface area contributed by atoms with Crippen LogP contribution in [0.25, 0.3) is 0 Å². The van der Waals surface area contributed by atoms with Crippen LogP contribution in [0.4, 0.5) is 0 Å². The van der Waals surface area contributed by atoms with Crippen LogP contribution in [0.2, 0.25) is 10.0 Å². The molecule has 1 aromatic carbocycles. The molecular formula is C11H13Cl2NO4S2. The SMILES string of the molecule is CSCC[C@H](NS(=O)(=O)c1c(Cl)cccc1Cl)C(=O)O. The van der Waals surface area contributed by atoms with Crippen molar-refractivity contribution >= 4 is 51.0 Å². The first-order valence-corrected chi connectivity index (χ1v) is 9.11. The predicted molar refractivity (Wildman–Crippen MR) is 81.2 cm³/mol. The number of carboxylic acids is 1. The lowest BCUT2D eigenvalue weighted by Crippen LogP contribution is -2.41. The molecule has 0 aliphatic carbocycles. The molecular weight excluding hydrogens is 345 g/mol. The molecule has 0 aliphatic heterocycles. The summed E-state index contributed by atoms with van der Waals surface area (Å²) < 4.78 is 26.5. The van der Waals surface area contributed by atoms with Gasteiger partial charge in [-0.3, -0.25) is 4.79 Å². The molecule has 0 bridgehead atoms. The van der Waals surface area contributed by atoms with Crippen molar-refractivity contribution in [1.29, 1.82) is 0 Å². The highest BCUT2D eigenvalue weighted by Gasteiger charge is 2.28. The van der Waals surface area contributed by atoms with E-state index in [4.69, 9.17) is 28.3 Å². The fourth-order valence-corrected chi connectivity index (χ4v) is 4.29. The minimum Gasteiger partial charge on any atom is -0.480 e. The number of nitrogens with one attached hydrogen (secondary N) is 1. The minimum atomic E-state index is -4.10. The van der Waals surface area contributed by atoms with Gasteiger partial charge in [-0.2, -0.15) is 16.5 Å². The van der Waals surface area contributed by atoms with Crippen molar-refractivity contribution in [3.05, 3.63) is 28.2 Å². The van der Waals surface area contributed by atoms with Crippen LogP contribution >= 0.6 is 35.0 Å². The number of thioether (sulfide) groups is 1. The highest BCUT2D eigenvalue weighted by Crippen LogP contribution is 2.29. The van der Waals surface area contributed by atoms with Gasteiger partial charge >= 0.3 is 5.97 Å². The van der Waals surface area contributed by atoms with Crippen molar-refractivity contribution in [1.82, 2.24) is 4.72 Å². The highest BCUT2D eigenvalue weighted by molar-refractivity contribution is 7.98. The Kier molecular flexibility index (Phi) is 6.60. The molecule has 0 spiro atoms. The van der Waals surface area contributed by atoms with Crippen molar-refractivity contribution < 1.29 is 18.3 Å². The van der Waals surface area contributed by atoms with E-state index in [1.807, 2.05) is 0 Å². The highest BCUT2D eigenvalue weighted by atomic mass is 35.5. The number of hydrogen-bond acceptors (Lipinski definition) is 4. The van der Waals surface area contributed by atoms with E-state index in [2.05, 4.69) is 4.72 Å². The summed E-state index contributed by atoms with van der Waals surface area (Å²) in [5.74, 6) is -0.735. The van der Waals surface area contributed by atoms with E-state index in [9.17, 15) is 13.2 Å². The van der Waals surface area contributed by atoms with Crippen LogP contribution in [0, 0.1) is 0 Å². The van der Waals surface area contributed by atoms with Gasteiger partial charge < -0.3 is 5.11 Å². The molecule has 0 radical (unpaired) electrons. The molecule has 1 rings (SSSR count). The fourth-order valence-electron chi connectivity index (χ4n) is 1.45. The van der Waals surface area contributed by atoms with Gasteiger partial charge in [-0.15, -0.1) is 0 Å². The van der Waals surface area contributed by atoms with Gasteiger partial charge in [0.2, 0.25) is 10.0 Å². The van der Waals surface area contributed by atoms with E-state index >= 15 is 0 Å². The fraction of sp³-hybridized carbons (Fsp3) is 0.364. The number of sulfonamides is 1. The van der Waals surface area contributed by atoms with Crippen LogP contribution in [0.1, 0.15) is 6.42 Å². The molecule has 2 N–H and O–H groups in total. The molecule has 9 heteroatoms. The molecule has 0 fully saturated rings. The molecule has 0 aromatic heterocycles. The summed E-state index contributed by atoms with van der Waals surface area (Å²) in [5, 5.41) is 8.93. The Bertz CT molecular complexity index is 572. The van der Waals surface area contributed by atoms with Crippen molar-refractivity contribution in [3.8, 4) is 0 Å². The Balaban J connectivity index is 3.07. The lowest BCUT2D eigenvalue weighted by Gasteiger charge is -2.15. The van der Waals surface area contributed by atoms with Gasteiger partial charge in [-0.25, -0.2) is 8.42 Å². The van der Waals surface area contributed by atoms with Crippen LogP contribution in [0.5, 0.6) is 0 Å². The topological polar surface area (TPSA) is 83.5 Å². The third kappa shape index (κ3) is 4.53. The molecule has 0 amide bonds. The number of hydrogen-bond donors (Lipinski definition) is 2. The first-order chi connectivity index (χ1) is 9.29. The molecule has 1 atom stereocenters. The summed E-state index contributed by atoms with van der Waals surface area (Å²) >= 11 is 13.1. The second-order valence-electron chi connectivity index (χ2n) is 3.84. The number of benzene rings is 1. The maximum absolute atomic E-state index is 12.2. The summed E-state index contributed by atoms with van der Waals surface area (Å²) in [6, 6.07) is 3.03. The quantitative estimate of drug-likeness (QED) is 0.782. The molecule has 5 nitrogen and oxygen atoms in total. The number of rotatable bonds is 7. The second kappa shape index (κ2) is 7.51. The smallest absolute Gasteiger partial charge is 0.321 e. The Morgan fingerprint density at radius 1 is 1.40 bits per heavy atom. The summed E-state index contributed by atoms with van der Waals surface area (Å²) in [6.07, 6.45) is 1.97. The summed E-state index contributed by atoms with van der Waals surface area (Å²) in [5.41, 5.74) is 0. The van der Waals surface area contributed by atoms with Gasteiger partial charge in [-0.1, -0.05) is 29.3 Å². The zero-order chi connectivity index (χ0) is 15.3. The van der Waals surface area contributed by atoms with Gasteiger partial charge in [0.1, 0.15) is 10.9 Å². The minimum absolute atomic E-state index is 0.0565. The van der Waals surface area contributed by atoms with Crippen LogP contribution in [0.15, 0.2) is 23.1 Å². The standard InChI is InChI=1S/C11H13Cl2NO4S2/c1-19-6-5-9(11(15)16)14-20(17,18)10-7(12)3-2-4-8(10)13/h2-4,9,14H,5-6H2,1H3,(H,15,16)/t9-/m0/s1. The first-order valence-electron chi connectivity index (χ1n) is 5.47. The molecule has 112 valence electrons. The van der Waals surface area contributed by atoms with E-state index < -0.39 is 22.0 Å². The number of halogens is 2. The zero-order valence-electron chi connectivity index (χ0n) is 10.5. The molecule has 1 aromatic rings. The third-order valence-electron chi connectivity index (χ3n) is 2.39. The Morgan fingerprint density at radius 3 is 2.40 bits per heavy atom. The van der Waals surface area contributed by atoms with Crippen LogP contribution < -0.4 is 4.72 Å². The van der Waals surface area contributed by atoms with Crippen LogP contribution in [0.3, 0.4) is 0 Å². The van der Waals surface area contributed by atoms with Crippen LogP contribution in [-0.2, 0) is 14.8 Å².